The molecule has 0 radical (unpaired) electrons. The van der Waals surface area contributed by atoms with Gasteiger partial charge in [-0.25, -0.2) is 14.8 Å². The number of nitro groups is 1. The smallest absolute Gasteiger partial charge is 0.409 e. The standard InChI is InChI=1S/C10H13N3O4/c1-11(2)12(3)10(14)17-9-6-4-8(5-7-9)13(15)16/h4-7H,1-3H3. The van der Waals surface area contributed by atoms with Crippen molar-refractivity contribution in [3.05, 3.63) is 34.4 Å². The van der Waals surface area contributed by atoms with Crippen LogP contribution in [0.3, 0.4) is 0 Å². The van der Waals surface area contributed by atoms with Gasteiger partial charge in [0, 0.05) is 33.3 Å². The largest absolute Gasteiger partial charge is 0.429 e. The number of benzene rings is 1. The second-order valence-corrected chi connectivity index (χ2v) is 3.49. The van der Waals surface area contributed by atoms with E-state index in [1.165, 1.54) is 29.3 Å². The fourth-order valence-corrected chi connectivity index (χ4v) is 0.966. The third kappa shape index (κ3) is 3.42. The van der Waals surface area contributed by atoms with Gasteiger partial charge in [-0.2, -0.15) is 0 Å². The van der Waals surface area contributed by atoms with Crippen LogP contribution in [-0.4, -0.2) is 42.2 Å². The molecule has 1 aromatic rings. The van der Waals surface area contributed by atoms with Gasteiger partial charge in [0.05, 0.1) is 4.92 Å². The molecular weight excluding hydrogens is 226 g/mol. The van der Waals surface area contributed by atoms with Crippen molar-refractivity contribution in [3.63, 3.8) is 0 Å². The van der Waals surface area contributed by atoms with Crippen LogP contribution in [0.1, 0.15) is 0 Å². The van der Waals surface area contributed by atoms with E-state index in [9.17, 15) is 14.9 Å². The highest BCUT2D eigenvalue weighted by atomic mass is 16.6. The first-order valence-electron chi connectivity index (χ1n) is 4.79. The van der Waals surface area contributed by atoms with Gasteiger partial charge in [-0.15, -0.1) is 0 Å². The lowest BCUT2D eigenvalue weighted by Gasteiger charge is -2.23. The highest BCUT2D eigenvalue weighted by Crippen LogP contribution is 2.17. The number of hydrogen-bond donors (Lipinski definition) is 0. The predicted octanol–water partition coefficient (Wildman–Crippen LogP) is 1.50. The third-order valence-electron chi connectivity index (χ3n) is 2.12. The van der Waals surface area contributed by atoms with Crippen LogP contribution in [0.4, 0.5) is 10.5 Å². The van der Waals surface area contributed by atoms with Gasteiger partial charge < -0.3 is 4.74 Å². The van der Waals surface area contributed by atoms with E-state index >= 15 is 0 Å². The van der Waals surface area contributed by atoms with Crippen LogP contribution in [0.15, 0.2) is 24.3 Å². The second kappa shape index (κ2) is 5.26. The molecule has 1 amide bonds. The van der Waals surface area contributed by atoms with Crippen LogP contribution < -0.4 is 4.74 Å². The van der Waals surface area contributed by atoms with Crippen molar-refractivity contribution in [1.29, 1.82) is 0 Å². The Morgan fingerprint density at radius 3 is 2.18 bits per heavy atom. The summed E-state index contributed by atoms with van der Waals surface area (Å²) in [6.45, 7) is 0. The van der Waals surface area contributed by atoms with E-state index in [0.29, 0.717) is 0 Å². The summed E-state index contributed by atoms with van der Waals surface area (Å²) in [6.07, 6.45) is -0.566. The van der Waals surface area contributed by atoms with Crippen LogP contribution in [0.25, 0.3) is 0 Å². The normalized spacial score (nSPS) is 10.1. The van der Waals surface area contributed by atoms with E-state index in [0.717, 1.165) is 0 Å². The number of hydrogen-bond acceptors (Lipinski definition) is 5. The van der Waals surface area contributed by atoms with Gasteiger partial charge >= 0.3 is 6.09 Å². The molecule has 0 spiro atoms. The van der Waals surface area contributed by atoms with E-state index in [1.54, 1.807) is 26.2 Å². The Hall–Kier alpha value is -2.15. The summed E-state index contributed by atoms with van der Waals surface area (Å²) in [5.41, 5.74) is -0.0502. The maximum atomic E-state index is 11.5. The van der Waals surface area contributed by atoms with E-state index < -0.39 is 11.0 Å². The Morgan fingerprint density at radius 2 is 1.76 bits per heavy atom. The molecule has 1 rings (SSSR count). The lowest BCUT2D eigenvalue weighted by molar-refractivity contribution is -0.384. The Bertz CT molecular complexity index is 416. The number of nitro benzene ring substituents is 1. The Labute approximate surface area is 98.3 Å². The molecule has 0 saturated heterocycles. The van der Waals surface area contributed by atoms with E-state index in [2.05, 4.69) is 0 Å². The summed E-state index contributed by atoms with van der Waals surface area (Å²) in [5, 5.41) is 13.2. The molecule has 0 atom stereocenters. The quantitative estimate of drug-likeness (QED) is 0.590. The molecule has 0 aliphatic rings. The summed E-state index contributed by atoms with van der Waals surface area (Å²) >= 11 is 0. The number of amides is 1. The maximum Gasteiger partial charge on any atom is 0.429 e. The molecule has 0 heterocycles. The van der Waals surface area contributed by atoms with Crippen LogP contribution in [0, 0.1) is 10.1 Å². The van der Waals surface area contributed by atoms with Crippen molar-refractivity contribution in [1.82, 2.24) is 10.0 Å². The van der Waals surface area contributed by atoms with Crippen LogP contribution in [0.2, 0.25) is 0 Å². The minimum Gasteiger partial charge on any atom is -0.409 e. The molecule has 0 aliphatic carbocycles. The average Bonchev–Trinajstić information content (AvgIpc) is 2.28. The zero-order valence-corrected chi connectivity index (χ0v) is 9.78. The number of non-ortho nitro benzene ring substituents is 1. The summed E-state index contributed by atoms with van der Waals surface area (Å²) in [6, 6.07) is 5.30. The van der Waals surface area contributed by atoms with E-state index in [4.69, 9.17) is 4.74 Å². The Balaban J connectivity index is 2.70. The number of rotatable bonds is 3. The summed E-state index contributed by atoms with van der Waals surface area (Å²) in [5.74, 6) is 0.259. The zero-order valence-electron chi connectivity index (χ0n) is 9.78. The number of nitrogens with zero attached hydrogens (tertiary/aromatic N) is 3. The predicted molar refractivity (Wildman–Crippen MR) is 60.6 cm³/mol. The Kier molecular flexibility index (Phi) is 4.00. The van der Waals surface area contributed by atoms with Gasteiger partial charge in [0.15, 0.2) is 0 Å². The zero-order chi connectivity index (χ0) is 13.0. The monoisotopic (exact) mass is 239 g/mol. The minimum atomic E-state index is -0.566. The molecule has 0 bridgehead atoms. The van der Waals surface area contributed by atoms with Crippen molar-refractivity contribution >= 4 is 11.8 Å². The van der Waals surface area contributed by atoms with Crippen molar-refractivity contribution in [3.8, 4) is 5.75 Å². The molecule has 0 saturated carbocycles. The maximum absolute atomic E-state index is 11.5. The minimum absolute atomic E-state index is 0.0502. The molecule has 92 valence electrons. The highest BCUT2D eigenvalue weighted by Gasteiger charge is 2.13. The van der Waals surface area contributed by atoms with Crippen LogP contribution >= 0.6 is 0 Å². The average molecular weight is 239 g/mol. The molecule has 1 aromatic carbocycles. The topological polar surface area (TPSA) is 75.9 Å². The van der Waals surface area contributed by atoms with Gasteiger partial charge in [-0.1, -0.05) is 0 Å². The number of carbonyl (C=O) groups excluding carboxylic acids is 1. The van der Waals surface area contributed by atoms with E-state index in [-0.39, 0.29) is 11.4 Å². The van der Waals surface area contributed by atoms with Gasteiger partial charge in [0.2, 0.25) is 0 Å². The molecule has 0 unspecified atom stereocenters. The SMILES string of the molecule is CN(C)N(C)C(=O)Oc1ccc([N+](=O)[O-])cc1. The first-order chi connectivity index (χ1) is 7.91. The fraction of sp³-hybridized carbons (Fsp3) is 0.300. The molecule has 0 fully saturated rings. The lowest BCUT2D eigenvalue weighted by atomic mass is 10.3. The third-order valence-corrected chi connectivity index (χ3v) is 2.12. The molecule has 7 nitrogen and oxygen atoms in total. The molecular formula is C10H13N3O4. The fourth-order valence-electron chi connectivity index (χ4n) is 0.966. The number of carbonyl (C=O) groups is 1. The summed E-state index contributed by atoms with van der Waals surface area (Å²) < 4.78 is 4.99. The molecule has 0 aliphatic heterocycles. The summed E-state index contributed by atoms with van der Waals surface area (Å²) in [7, 11) is 4.93. The molecule has 7 heteroatoms. The lowest BCUT2D eigenvalue weighted by Crippen LogP contribution is -2.40. The first kappa shape index (κ1) is 12.9. The van der Waals surface area contributed by atoms with Gasteiger partial charge in [0.1, 0.15) is 5.75 Å². The summed E-state index contributed by atoms with van der Waals surface area (Å²) in [4.78, 5) is 21.4. The first-order valence-corrected chi connectivity index (χ1v) is 4.79. The van der Waals surface area contributed by atoms with Crippen molar-refractivity contribution < 1.29 is 14.5 Å². The van der Waals surface area contributed by atoms with Crippen molar-refractivity contribution in [2.45, 2.75) is 0 Å². The second-order valence-electron chi connectivity index (χ2n) is 3.49. The number of ether oxygens (including phenoxy) is 1. The molecule has 0 N–H and O–H groups in total. The highest BCUT2D eigenvalue weighted by molar-refractivity contribution is 5.69. The van der Waals surface area contributed by atoms with Gasteiger partial charge in [-0.3, -0.25) is 10.1 Å². The number of hydrazine groups is 1. The van der Waals surface area contributed by atoms with Gasteiger partial charge in [-0.05, 0) is 12.1 Å². The van der Waals surface area contributed by atoms with E-state index in [1.807, 2.05) is 0 Å². The van der Waals surface area contributed by atoms with Crippen molar-refractivity contribution in [2.24, 2.45) is 0 Å². The van der Waals surface area contributed by atoms with Crippen LogP contribution in [-0.2, 0) is 0 Å². The van der Waals surface area contributed by atoms with Crippen molar-refractivity contribution in [2.75, 3.05) is 21.1 Å². The van der Waals surface area contributed by atoms with Crippen LogP contribution in [0.5, 0.6) is 5.75 Å². The molecule has 0 aromatic heterocycles. The molecule has 17 heavy (non-hydrogen) atoms. The Morgan fingerprint density at radius 1 is 1.24 bits per heavy atom. The van der Waals surface area contributed by atoms with Gasteiger partial charge in [0.25, 0.3) is 5.69 Å².